The van der Waals surface area contributed by atoms with Crippen molar-refractivity contribution in [1.29, 1.82) is 0 Å². The molecule has 1 aliphatic rings. The molecule has 0 saturated heterocycles. The van der Waals surface area contributed by atoms with E-state index in [1.165, 1.54) is 12.0 Å². The Hall–Kier alpha value is -1.43. The Balaban J connectivity index is 2.36. The van der Waals surface area contributed by atoms with Gasteiger partial charge >= 0.3 is 6.18 Å². The summed E-state index contributed by atoms with van der Waals surface area (Å²) in [6.45, 7) is 0.207. The summed E-state index contributed by atoms with van der Waals surface area (Å²) in [5.41, 5.74) is 0.966. The quantitative estimate of drug-likeness (QED) is 0.798. The summed E-state index contributed by atoms with van der Waals surface area (Å²) in [6.07, 6.45) is -4.73. The first-order chi connectivity index (χ1) is 9.74. The minimum Gasteiger partial charge on any atom is -0.497 e. The van der Waals surface area contributed by atoms with Gasteiger partial charge in [-0.3, -0.25) is 4.79 Å². The third-order valence-corrected chi connectivity index (χ3v) is 4.04. The van der Waals surface area contributed by atoms with E-state index in [0.717, 1.165) is 0 Å². The van der Waals surface area contributed by atoms with Gasteiger partial charge in [0.25, 0.3) is 5.91 Å². The molecule has 1 aromatic rings. The number of hydrogen-bond donors (Lipinski definition) is 0. The van der Waals surface area contributed by atoms with Crippen LogP contribution in [0.2, 0.25) is 0 Å². The van der Waals surface area contributed by atoms with Gasteiger partial charge in [-0.05, 0) is 30.2 Å². The molecule has 0 aromatic heterocycles. The number of fused-ring (bicyclic) bond motifs is 1. The Labute approximate surface area is 125 Å². The van der Waals surface area contributed by atoms with Crippen molar-refractivity contribution in [3.05, 3.63) is 29.3 Å². The van der Waals surface area contributed by atoms with Crippen molar-refractivity contribution in [2.75, 3.05) is 20.7 Å². The molecule has 7 heteroatoms. The molecule has 0 bridgehead atoms. The normalized spacial score (nSPS) is 20.2. The molecule has 0 fully saturated rings. The fourth-order valence-electron chi connectivity index (χ4n) is 2.50. The van der Waals surface area contributed by atoms with Crippen LogP contribution in [0, 0.1) is 0 Å². The summed E-state index contributed by atoms with van der Waals surface area (Å²) in [4.78, 5) is 13.5. The molecule has 2 atom stereocenters. The summed E-state index contributed by atoms with van der Waals surface area (Å²) < 4.78 is 43.1. The number of nitrogens with zero attached hydrogens (tertiary/aromatic N) is 1. The van der Waals surface area contributed by atoms with Gasteiger partial charge in [-0.2, -0.15) is 13.2 Å². The molecule has 3 nitrogen and oxygen atoms in total. The van der Waals surface area contributed by atoms with Gasteiger partial charge in [-0.15, -0.1) is 11.6 Å². The van der Waals surface area contributed by atoms with E-state index in [0.29, 0.717) is 16.9 Å². The Morgan fingerprint density at radius 2 is 2.14 bits per heavy atom. The van der Waals surface area contributed by atoms with Crippen LogP contribution < -0.4 is 4.74 Å². The lowest BCUT2D eigenvalue weighted by atomic mass is 9.86. The smallest absolute Gasteiger partial charge is 0.404 e. The molecule has 0 aliphatic carbocycles. The van der Waals surface area contributed by atoms with Crippen LogP contribution in [0.5, 0.6) is 5.75 Å². The third kappa shape index (κ3) is 3.26. The van der Waals surface area contributed by atoms with E-state index in [9.17, 15) is 18.0 Å². The molecule has 1 aromatic carbocycles. The molecule has 0 N–H and O–H groups in total. The molecule has 0 radical (unpaired) electrons. The zero-order chi connectivity index (χ0) is 15.8. The van der Waals surface area contributed by atoms with Gasteiger partial charge in [0.1, 0.15) is 11.1 Å². The maximum atomic E-state index is 12.7. The standard InChI is InChI=1S/C14H15ClF3NO2/c1-19-7-8(5-12(15)14(16,17)18)11-6-9(21-2)3-4-10(11)13(19)20/h3-4,6,8,12H,5,7H2,1-2H3. The van der Waals surface area contributed by atoms with Gasteiger partial charge in [-0.25, -0.2) is 0 Å². The van der Waals surface area contributed by atoms with Gasteiger partial charge in [0, 0.05) is 25.1 Å². The van der Waals surface area contributed by atoms with Gasteiger partial charge in [0.2, 0.25) is 0 Å². The van der Waals surface area contributed by atoms with Crippen LogP contribution in [0.25, 0.3) is 0 Å². The van der Waals surface area contributed by atoms with Crippen LogP contribution in [0.4, 0.5) is 13.2 Å². The molecular weight excluding hydrogens is 307 g/mol. The Kier molecular flexibility index (Phi) is 4.37. The number of halogens is 4. The number of ether oxygens (including phenoxy) is 1. The monoisotopic (exact) mass is 321 g/mol. The molecule has 2 rings (SSSR count). The summed E-state index contributed by atoms with van der Waals surface area (Å²) in [5, 5.41) is -1.94. The molecule has 1 amide bonds. The number of alkyl halides is 4. The second-order valence-corrected chi connectivity index (χ2v) is 5.61. The van der Waals surface area contributed by atoms with Crippen LogP contribution >= 0.6 is 11.6 Å². The molecule has 0 spiro atoms. The van der Waals surface area contributed by atoms with Crippen molar-refractivity contribution in [3.63, 3.8) is 0 Å². The zero-order valence-electron chi connectivity index (χ0n) is 11.6. The first-order valence-electron chi connectivity index (χ1n) is 6.38. The Morgan fingerprint density at radius 1 is 1.48 bits per heavy atom. The minimum absolute atomic E-state index is 0.206. The molecule has 0 saturated carbocycles. The molecular formula is C14H15ClF3NO2. The number of amides is 1. The lowest BCUT2D eigenvalue weighted by molar-refractivity contribution is -0.132. The van der Waals surface area contributed by atoms with E-state index in [1.54, 1.807) is 25.2 Å². The Bertz CT molecular complexity index is 548. The Morgan fingerprint density at radius 3 is 2.71 bits per heavy atom. The lowest BCUT2D eigenvalue weighted by Crippen LogP contribution is -2.39. The number of hydrogen-bond acceptors (Lipinski definition) is 2. The number of carbonyl (C=O) groups excluding carboxylic acids is 1. The van der Waals surface area contributed by atoms with E-state index >= 15 is 0 Å². The lowest BCUT2D eigenvalue weighted by Gasteiger charge is -2.33. The summed E-state index contributed by atoms with van der Waals surface area (Å²) >= 11 is 5.45. The summed E-state index contributed by atoms with van der Waals surface area (Å²) in [6, 6.07) is 4.82. The van der Waals surface area contributed by atoms with Crippen LogP contribution in [-0.2, 0) is 0 Å². The van der Waals surface area contributed by atoms with Gasteiger partial charge < -0.3 is 9.64 Å². The highest BCUT2D eigenvalue weighted by Crippen LogP contribution is 2.38. The van der Waals surface area contributed by atoms with Crippen molar-refractivity contribution in [2.24, 2.45) is 0 Å². The van der Waals surface area contributed by atoms with Crippen molar-refractivity contribution < 1.29 is 22.7 Å². The molecule has 21 heavy (non-hydrogen) atoms. The highest BCUT2D eigenvalue weighted by atomic mass is 35.5. The fraction of sp³-hybridized carbons (Fsp3) is 0.500. The molecule has 1 aliphatic heterocycles. The molecule has 2 unspecified atom stereocenters. The number of carbonyl (C=O) groups is 1. The third-order valence-electron chi connectivity index (χ3n) is 3.62. The highest BCUT2D eigenvalue weighted by molar-refractivity contribution is 6.21. The summed E-state index contributed by atoms with van der Waals surface area (Å²) in [5.74, 6) is -0.168. The van der Waals surface area contributed by atoms with Gasteiger partial charge in [0.05, 0.1) is 7.11 Å². The van der Waals surface area contributed by atoms with Crippen molar-refractivity contribution in [3.8, 4) is 5.75 Å². The maximum absolute atomic E-state index is 12.7. The average molecular weight is 322 g/mol. The average Bonchev–Trinajstić information content (AvgIpc) is 2.42. The van der Waals surface area contributed by atoms with Crippen LogP contribution in [0.1, 0.15) is 28.3 Å². The number of likely N-dealkylation sites (N-methyl/N-ethyl adjacent to an activating group) is 1. The van der Waals surface area contributed by atoms with E-state index in [4.69, 9.17) is 16.3 Å². The van der Waals surface area contributed by atoms with Crippen LogP contribution in [-0.4, -0.2) is 43.1 Å². The van der Waals surface area contributed by atoms with Crippen LogP contribution in [0.15, 0.2) is 18.2 Å². The second kappa shape index (κ2) is 5.75. The predicted molar refractivity (Wildman–Crippen MR) is 73.0 cm³/mol. The largest absolute Gasteiger partial charge is 0.497 e. The number of methoxy groups -OCH3 is 1. The van der Waals surface area contributed by atoms with Gasteiger partial charge in [-0.1, -0.05) is 0 Å². The van der Waals surface area contributed by atoms with Gasteiger partial charge in [0.15, 0.2) is 0 Å². The van der Waals surface area contributed by atoms with Crippen LogP contribution in [0.3, 0.4) is 0 Å². The van der Waals surface area contributed by atoms with E-state index in [-0.39, 0.29) is 18.9 Å². The second-order valence-electron chi connectivity index (χ2n) is 5.08. The minimum atomic E-state index is -4.46. The predicted octanol–water partition coefficient (Wildman–Crippen LogP) is 3.42. The van der Waals surface area contributed by atoms with Crippen molar-refractivity contribution >= 4 is 17.5 Å². The number of benzene rings is 1. The van der Waals surface area contributed by atoms with E-state index in [2.05, 4.69) is 0 Å². The zero-order valence-corrected chi connectivity index (χ0v) is 12.3. The molecule has 1 heterocycles. The topological polar surface area (TPSA) is 29.5 Å². The first-order valence-corrected chi connectivity index (χ1v) is 6.82. The fourth-order valence-corrected chi connectivity index (χ4v) is 2.72. The summed E-state index contributed by atoms with van der Waals surface area (Å²) in [7, 11) is 3.03. The van der Waals surface area contributed by atoms with E-state index < -0.39 is 17.5 Å². The number of rotatable bonds is 3. The maximum Gasteiger partial charge on any atom is 0.404 e. The molecule has 116 valence electrons. The SMILES string of the molecule is COc1ccc2c(c1)C(CC(Cl)C(F)(F)F)CN(C)C2=O. The van der Waals surface area contributed by atoms with Crippen molar-refractivity contribution in [1.82, 2.24) is 4.90 Å². The van der Waals surface area contributed by atoms with E-state index in [1.807, 2.05) is 0 Å². The first kappa shape index (κ1) is 15.9. The van der Waals surface area contributed by atoms with Crippen molar-refractivity contribution in [2.45, 2.75) is 23.9 Å². The highest BCUT2D eigenvalue weighted by Gasteiger charge is 2.41.